The zero-order valence-corrected chi connectivity index (χ0v) is 17.0. The summed E-state index contributed by atoms with van der Waals surface area (Å²) in [4.78, 5) is 5.12. The summed E-state index contributed by atoms with van der Waals surface area (Å²) >= 11 is 0. The number of hydrogen-bond acceptors (Lipinski definition) is 5. The molecule has 0 aromatic heterocycles. The first-order chi connectivity index (χ1) is 12.2. The molecule has 1 rings (SSSR count). The van der Waals surface area contributed by atoms with Crippen molar-refractivity contribution in [2.24, 2.45) is 5.92 Å². The molecule has 0 spiro atoms. The van der Waals surface area contributed by atoms with Crippen molar-refractivity contribution in [2.75, 3.05) is 78.9 Å². The van der Waals surface area contributed by atoms with E-state index in [0.29, 0.717) is 26.4 Å². The Bertz CT molecular complexity index is 282. The number of nitrogens with zero attached hydrogens (tertiary/aromatic N) is 2. The van der Waals surface area contributed by atoms with Gasteiger partial charge in [0.1, 0.15) is 0 Å². The molecule has 0 aliphatic carbocycles. The molecule has 0 aromatic carbocycles. The molecule has 25 heavy (non-hydrogen) atoms. The lowest BCUT2D eigenvalue weighted by molar-refractivity contribution is 0.00754. The molecule has 5 nitrogen and oxygen atoms in total. The molecule has 0 unspecified atom stereocenters. The Morgan fingerprint density at radius 2 is 1.20 bits per heavy atom. The molecule has 1 aliphatic rings. The van der Waals surface area contributed by atoms with Gasteiger partial charge in [0.25, 0.3) is 0 Å². The largest absolute Gasteiger partial charge is 0.379 e. The van der Waals surface area contributed by atoms with Crippen molar-refractivity contribution in [3.8, 4) is 0 Å². The summed E-state index contributed by atoms with van der Waals surface area (Å²) in [6, 6.07) is 0. The molecule has 0 radical (unpaired) electrons. The third-order valence-electron chi connectivity index (χ3n) is 4.66. The third-order valence-corrected chi connectivity index (χ3v) is 4.66. The predicted octanol–water partition coefficient (Wildman–Crippen LogP) is 2.89. The maximum atomic E-state index is 5.68. The summed E-state index contributed by atoms with van der Waals surface area (Å²) in [5, 5.41) is 0. The van der Waals surface area contributed by atoms with E-state index < -0.39 is 0 Å². The van der Waals surface area contributed by atoms with Crippen molar-refractivity contribution in [3.05, 3.63) is 0 Å². The molecule has 0 amide bonds. The van der Waals surface area contributed by atoms with Gasteiger partial charge in [-0.3, -0.25) is 4.90 Å². The van der Waals surface area contributed by atoms with Crippen LogP contribution in [0, 0.1) is 5.92 Å². The highest BCUT2D eigenvalue weighted by atomic mass is 16.5. The van der Waals surface area contributed by atoms with E-state index in [9.17, 15) is 0 Å². The first kappa shape index (κ1) is 22.8. The van der Waals surface area contributed by atoms with Gasteiger partial charge in [-0.15, -0.1) is 0 Å². The van der Waals surface area contributed by atoms with Crippen LogP contribution in [-0.4, -0.2) is 88.7 Å². The van der Waals surface area contributed by atoms with Crippen LogP contribution < -0.4 is 0 Å². The maximum absolute atomic E-state index is 5.68. The monoisotopic (exact) mass is 358 g/mol. The van der Waals surface area contributed by atoms with Gasteiger partial charge in [-0.25, -0.2) is 0 Å². The van der Waals surface area contributed by atoms with Gasteiger partial charge in [0.05, 0.1) is 33.0 Å². The van der Waals surface area contributed by atoms with E-state index in [-0.39, 0.29) is 0 Å². The second kappa shape index (κ2) is 16.0. The molecule has 0 saturated carbocycles. The molecule has 1 aliphatic heterocycles. The van der Waals surface area contributed by atoms with Crippen molar-refractivity contribution in [3.63, 3.8) is 0 Å². The molecule has 0 aromatic rings. The van der Waals surface area contributed by atoms with Crippen LogP contribution in [0.1, 0.15) is 46.5 Å². The molecular formula is C20H42N2O3. The second-order valence-electron chi connectivity index (χ2n) is 7.41. The first-order valence-electron chi connectivity index (χ1n) is 10.4. The van der Waals surface area contributed by atoms with Crippen LogP contribution in [0.2, 0.25) is 0 Å². The van der Waals surface area contributed by atoms with Crippen molar-refractivity contribution in [2.45, 2.75) is 46.5 Å². The van der Waals surface area contributed by atoms with Gasteiger partial charge in [-0.1, -0.05) is 27.2 Å². The van der Waals surface area contributed by atoms with E-state index >= 15 is 0 Å². The second-order valence-corrected chi connectivity index (χ2v) is 7.41. The van der Waals surface area contributed by atoms with Crippen molar-refractivity contribution in [1.82, 2.24) is 9.80 Å². The molecule has 150 valence electrons. The van der Waals surface area contributed by atoms with Crippen LogP contribution in [0.15, 0.2) is 0 Å². The summed E-state index contributed by atoms with van der Waals surface area (Å²) < 4.78 is 16.6. The van der Waals surface area contributed by atoms with Crippen LogP contribution in [-0.2, 0) is 14.2 Å². The Morgan fingerprint density at radius 3 is 1.76 bits per heavy atom. The smallest absolute Gasteiger partial charge is 0.0701 e. The van der Waals surface area contributed by atoms with Crippen molar-refractivity contribution >= 4 is 0 Å². The van der Waals surface area contributed by atoms with Gasteiger partial charge in [-0.05, 0) is 31.7 Å². The summed E-state index contributed by atoms with van der Waals surface area (Å²) in [5.74, 6) is 0.830. The van der Waals surface area contributed by atoms with Gasteiger partial charge < -0.3 is 19.1 Å². The minimum absolute atomic E-state index is 0.667. The standard InChI is InChI=1S/C20H42N2O3/c1-4-5-14-23-16-18-25-19-17-24-15-13-22-11-9-21(10-12-22)8-6-7-20(2)3/h20H,4-19H2,1-3H3. The van der Waals surface area contributed by atoms with Gasteiger partial charge >= 0.3 is 0 Å². The van der Waals surface area contributed by atoms with E-state index in [4.69, 9.17) is 14.2 Å². The minimum Gasteiger partial charge on any atom is -0.379 e. The number of hydrogen-bond donors (Lipinski definition) is 0. The zero-order valence-electron chi connectivity index (χ0n) is 17.0. The summed E-state index contributed by atoms with van der Waals surface area (Å²) in [7, 11) is 0. The van der Waals surface area contributed by atoms with E-state index in [2.05, 4.69) is 30.6 Å². The van der Waals surface area contributed by atoms with Gasteiger partial charge in [0.2, 0.25) is 0 Å². The molecule has 0 bridgehead atoms. The van der Waals surface area contributed by atoms with E-state index in [1.165, 1.54) is 52.0 Å². The molecule has 0 atom stereocenters. The Labute approximate surface area is 156 Å². The summed E-state index contributed by atoms with van der Waals surface area (Å²) in [6.07, 6.45) is 5.00. The van der Waals surface area contributed by atoms with E-state index in [0.717, 1.165) is 32.1 Å². The highest BCUT2D eigenvalue weighted by Gasteiger charge is 2.15. The fourth-order valence-electron chi connectivity index (χ4n) is 2.94. The fraction of sp³-hybridized carbons (Fsp3) is 1.00. The fourth-order valence-corrected chi connectivity index (χ4v) is 2.94. The quantitative estimate of drug-likeness (QED) is 0.396. The normalized spacial score (nSPS) is 16.8. The Balaban J connectivity index is 1.82. The number of unbranched alkanes of at least 4 members (excludes halogenated alkanes) is 1. The third kappa shape index (κ3) is 13.6. The molecule has 0 N–H and O–H groups in total. The van der Waals surface area contributed by atoms with Crippen LogP contribution in [0.25, 0.3) is 0 Å². The molecule has 1 heterocycles. The van der Waals surface area contributed by atoms with E-state index in [1.807, 2.05) is 0 Å². The van der Waals surface area contributed by atoms with Gasteiger partial charge in [-0.2, -0.15) is 0 Å². The minimum atomic E-state index is 0.667. The van der Waals surface area contributed by atoms with Crippen molar-refractivity contribution in [1.29, 1.82) is 0 Å². The van der Waals surface area contributed by atoms with E-state index in [1.54, 1.807) is 0 Å². The SMILES string of the molecule is CCCCOCCOCCOCCN1CCN(CCCC(C)C)CC1. The average Bonchev–Trinajstić information content (AvgIpc) is 2.60. The Kier molecular flexibility index (Phi) is 14.6. The summed E-state index contributed by atoms with van der Waals surface area (Å²) in [5.41, 5.74) is 0. The topological polar surface area (TPSA) is 34.2 Å². The average molecular weight is 359 g/mol. The lowest BCUT2D eigenvalue weighted by Crippen LogP contribution is -2.47. The van der Waals surface area contributed by atoms with Crippen LogP contribution in [0.5, 0.6) is 0 Å². The molecular weight excluding hydrogens is 316 g/mol. The molecule has 5 heteroatoms. The number of ether oxygens (including phenoxy) is 3. The predicted molar refractivity (Wildman–Crippen MR) is 104 cm³/mol. The highest BCUT2D eigenvalue weighted by Crippen LogP contribution is 2.07. The van der Waals surface area contributed by atoms with Crippen LogP contribution >= 0.6 is 0 Å². The maximum Gasteiger partial charge on any atom is 0.0701 e. The first-order valence-corrected chi connectivity index (χ1v) is 10.4. The lowest BCUT2D eigenvalue weighted by Gasteiger charge is -2.34. The highest BCUT2D eigenvalue weighted by molar-refractivity contribution is 4.71. The summed E-state index contributed by atoms with van der Waals surface area (Å²) in [6.45, 7) is 18.2. The molecule has 1 saturated heterocycles. The Morgan fingerprint density at radius 1 is 0.680 bits per heavy atom. The Hall–Kier alpha value is -0.200. The lowest BCUT2D eigenvalue weighted by atomic mass is 10.1. The van der Waals surface area contributed by atoms with Gasteiger partial charge in [0, 0.05) is 39.3 Å². The van der Waals surface area contributed by atoms with Crippen molar-refractivity contribution < 1.29 is 14.2 Å². The molecule has 1 fully saturated rings. The number of rotatable bonds is 16. The number of piperazine rings is 1. The zero-order chi connectivity index (χ0) is 18.2. The van der Waals surface area contributed by atoms with Crippen LogP contribution in [0.3, 0.4) is 0 Å². The van der Waals surface area contributed by atoms with Crippen LogP contribution in [0.4, 0.5) is 0 Å². The van der Waals surface area contributed by atoms with Gasteiger partial charge in [0.15, 0.2) is 0 Å².